The zero-order valence-corrected chi connectivity index (χ0v) is 11.3. The molecule has 17 heavy (non-hydrogen) atoms. The van der Waals surface area contributed by atoms with Gasteiger partial charge in [-0.15, -0.1) is 0 Å². The Morgan fingerprint density at radius 3 is 1.76 bits per heavy atom. The van der Waals surface area contributed by atoms with Crippen molar-refractivity contribution in [2.75, 3.05) is 52.6 Å². The summed E-state index contributed by atoms with van der Waals surface area (Å²) in [6.07, 6.45) is 0. The summed E-state index contributed by atoms with van der Waals surface area (Å²) in [5.74, 6) is 0. The van der Waals surface area contributed by atoms with Crippen LogP contribution in [0.5, 0.6) is 0 Å². The van der Waals surface area contributed by atoms with E-state index in [1.165, 1.54) is 0 Å². The van der Waals surface area contributed by atoms with Crippen LogP contribution in [0, 0.1) is 0 Å². The van der Waals surface area contributed by atoms with Gasteiger partial charge in [-0.1, -0.05) is 11.8 Å². The van der Waals surface area contributed by atoms with Gasteiger partial charge < -0.3 is 9.47 Å². The maximum absolute atomic E-state index is 8.77. The van der Waals surface area contributed by atoms with Gasteiger partial charge >= 0.3 is 0 Å². The number of rotatable bonds is 3. The van der Waals surface area contributed by atoms with E-state index < -0.39 is 6.49 Å². The average molecular weight is 277 g/mol. The molecule has 0 aromatic carbocycles. The molecule has 9 heteroatoms. The van der Waals surface area contributed by atoms with E-state index in [1.54, 1.807) is 0 Å². The number of ether oxygens (including phenoxy) is 2. The smallest absolute Gasteiger partial charge is 0.166 e. The van der Waals surface area contributed by atoms with E-state index in [9.17, 15) is 0 Å². The molecule has 0 atom stereocenters. The summed E-state index contributed by atoms with van der Waals surface area (Å²) in [7, 11) is 0. The van der Waals surface area contributed by atoms with Gasteiger partial charge in [0.25, 0.3) is 0 Å². The molecule has 7 nitrogen and oxygen atoms in total. The highest BCUT2D eigenvalue weighted by Crippen LogP contribution is 2.55. The van der Waals surface area contributed by atoms with Gasteiger partial charge in [0.15, 0.2) is 6.49 Å². The van der Waals surface area contributed by atoms with Crippen molar-refractivity contribution < 1.29 is 9.47 Å². The highest BCUT2D eigenvalue weighted by Gasteiger charge is 2.33. The third kappa shape index (κ3) is 2.98. The van der Waals surface area contributed by atoms with E-state index in [0.29, 0.717) is 26.4 Å². The maximum Gasteiger partial charge on any atom is 0.166 e. The van der Waals surface area contributed by atoms with Crippen molar-refractivity contribution in [2.24, 2.45) is 4.88 Å². The van der Waals surface area contributed by atoms with Gasteiger partial charge in [0.05, 0.1) is 26.4 Å². The van der Waals surface area contributed by atoms with Crippen molar-refractivity contribution in [1.82, 2.24) is 9.34 Å². The van der Waals surface area contributed by atoms with Crippen LogP contribution in [0.25, 0.3) is 10.4 Å². The lowest BCUT2D eigenvalue weighted by Gasteiger charge is -2.42. The Balaban J connectivity index is 2.17. The van der Waals surface area contributed by atoms with E-state index in [1.807, 2.05) is 0 Å². The van der Waals surface area contributed by atoms with Gasteiger partial charge in [0, 0.05) is 31.1 Å². The second-order valence-corrected chi connectivity index (χ2v) is 7.63. The largest absolute Gasteiger partial charge is 0.379 e. The molecule has 0 aliphatic carbocycles. The SMILES string of the molecule is [N-]=[N+]=NP(=S)(N1CCOCC1)N1CCOCC1. The molecule has 0 saturated carbocycles. The Morgan fingerprint density at radius 1 is 1.00 bits per heavy atom. The fraction of sp³-hybridized carbons (Fsp3) is 1.00. The molecule has 0 aromatic heterocycles. The van der Waals surface area contributed by atoms with Crippen LogP contribution in [0.3, 0.4) is 0 Å². The zero-order valence-electron chi connectivity index (χ0n) is 9.56. The minimum atomic E-state index is -2.32. The van der Waals surface area contributed by atoms with E-state index in [4.69, 9.17) is 26.8 Å². The third-order valence-corrected chi connectivity index (χ3v) is 7.06. The Kier molecular flexibility index (Phi) is 4.76. The summed E-state index contributed by atoms with van der Waals surface area (Å²) in [4.78, 5) is 6.91. The normalized spacial score (nSPS) is 24.2. The first kappa shape index (κ1) is 13.2. The summed E-state index contributed by atoms with van der Waals surface area (Å²) in [6.45, 7) is 3.28. The van der Waals surface area contributed by atoms with Gasteiger partial charge in [0.1, 0.15) is 0 Å². The minimum absolute atomic E-state index is 0.656. The zero-order chi connectivity index (χ0) is 12.1. The molecule has 0 bridgehead atoms. The van der Waals surface area contributed by atoms with Crippen LogP contribution in [0.4, 0.5) is 0 Å². The second kappa shape index (κ2) is 6.11. The lowest BCUT2D eigenvalue weighted by molar-refractivity contribution is 0.0579. The van der Waals surface area contributed by atoms with E-state index in [0.717, 1.165) is 26.2 Å². The second-order valence-electron chi connectivity index (χ2n) is 3.82. The van der Waals surface area contributed by atoms with Gasteiger partial charge in [-0.05, 0) is 10.4 Å². The molecule has 0 aromatic rings. The number of azide groups is 1. The first-order valence-corrected chi connectivity index (χ1v) is 8.26. The molecule has 2 rings (SSSR count). The molecule has 0 N–H and O–H groups in total. The summed E-state index contributed by atoms with van der Waals surface area (Å²) < 4.78 is 14.8. The fourth-order valence-corrected chi connectivity index (χ4v) is 5.11. The first-order valence-electron chi connectivity index (χ1n) is 5.60. The molecule has 0 amide bonds. The van der Waals surface area contributed by atoms with Gasteiger partial charge in [-0.2, -0.15) is 0 Å². The van der Waals surface area contributed by atoms with E-state index >= 15 is 0 Å². The molecule has 0 radical (unpaired) electrons. The van der Waals surface area contributed by atoms with Crippen LogP contribution in [-0.4, -0.2) is 61.9 Å². The van der Waals surface area contributed by atoms with Crippen molar-refractivity contribution in [2.45, 2.75) is 0 Å². The quantitative estimate of drug-likeness (QED) is 0.335. The molecule has 2 fully saturated rings. The average Bonchev–Trinajstić information content (AvgIpc) is 2.41. The van der Waals surface area contributed by atoms with Crippen molar-refractivity contribution >= 4 is 18.3 Å². The van der Waals surface area contributed by atoms with Crippen LogP contribution in [0.2, 0.25) is 0 Å². The highest BCUT2D eigenvalue weighted by atomic mass is 32.4. The molecule has 2 saturated heterocycles. The Labute approximate surface area is 105 Å². The predicted octanol–water partition coefficient (Wildman–Crippen LogP) is 1.19. The predicted molar refractivity (Wildman–Crippen MR) is 68.2 cm³/mol. The van der Waals surface area contributed by atoms with Crippen LogP contribution in [0.1, 0.15) is 0 Å². The monoisotopic (exact) mass is 277 g/mol. The molecule has 2 aliphatic rings. The molecule has 2 heterocycles. The summed E-state index contributed by atoms with van der Waals surface area (Å²) in [6, 6.07) is 0. The van der Waals surface area contributed by atoms with Crippen LogP contribution >= 0.6 is 6.49 Å². The highest BCUT2D eigenvalue weighted by molar-refractivity contribution is 8.11. The summed E-state index contributed by atoms with van der Waals surface area (Å²) in [5.41, 5.74) is 8.77. The number of nitrogens with zero attached hydrogens (tertiary/aromatic N) is 5. The lowest BCUT2D eigenvalue weighted by Crippen LogP contribution is -2.42. The Hall–Kier alpha value is -0.200. The topological polar surface area (TPSA) is 73.7 Å². The number of hydrogen-bond acceptors (Lipinski definition) is 3. The molecule has 2 aliphatic heterocycles. The van der Waals surface area contributed by atoms with E-state index in [2.05, 4.69) is 19.1 Å². The first-order chi connectivity index (χ1) is 8.27. The van der Waals surface area contributed by atoms with Crippen LogP contribution in [-0.2, 0) is 21.3 Å². The third-order valence-electron chi connectivity index (χ3n) is 2.87. The lowest BCUT2D eigenvalue weighted by atomic mass is 10.5. The van der Waals surface area contributed by atoms with Gasteiger partial charge in [-0.3, -0.25) is 9.34 Å². The molecule has 0 unspecified atom stereocenters. The van der Waals surface area contributed by atoms with Crippen molar-refractivity contribution in [3.8, 4) is 0 Å². The van der Waals surface area contributed by atoms with Crippen LogP contribution < -0.4 is 0 Å². The van der Waals surface area contributed by atoms with E-state index in [-0.39, 0.29) is 0 Å². The van der Waals surface area contributed by atoms with Crippen LogP contribution in [0.15, 0.2) is 4.88 Å². The molecule has 0 spiro atoms. The fourth-order valence-electron chi connectivity index (χ4n) is 1.97. The Bertz CT molecular complexity index is 328. The summed E-state index contributed by atoms with van der Waals surface area (Å²) in [5, 5.41) is 0. The maximum atomic E-state index is 8.77. The molecular weight excluding hydrogens is 261 g/mol. The standard InChI is InChI=1S/C8H16N5O2PS/c9-10-11-16(17,12-1-5-14-6-2-12)13-3-7-15-8-4-13/h1-8H2. The summed E-state index contributed by atoms with van der Waals surface area (Å²) >= 11 is 5.67. The van der Waals surface area contributed by atoms with Crippen molar-refractivity contribution in [3.05, 3.63) is 10.4 Å². The number of hydrogen-bond donors (Lipinski definition) is 0. The Morgan fingerprint density at radius 2 is 1.41 bits per heavy atom. The minimum Gasteiger partial charge on any atom is -0.379 e. The van der Waals surface area contributed by atoms with Crippen molar-refractivity contribution in [1.29, 1.82) is 0 Å². The van der Waals surface area contributed by atoms with Gasteiger partial charge in [-0.25, -0.2) is 0 Å². The molecule has 96 valence electrons. The number of morpholine rings is 2. The van der Waals surface area contributed by atoms with Crippen molar-refractivity contribution in [3.63, 3.8) is 0 Å². The molecular formula is C8H16N5O2PS. The van der Waals surface area contributed by atoms with Gasteiger partial charge in [0.2, 0.25) is 0 Å².